The Bertz CT molecular complexity index is 845. The third kappa shape index (κ3) is 3.90. The van der Waals surface area contributed by atoms with Crippen molar-refractivity contribution in [3.8, 4) is 5.69 Å². The molecule has 144 valence electrons. The molecule has 0 bridgehead atoms. The molecule has 1 aliphatic heterocycles. The number of nitrogens with zero attached hydrogens (tertiary/aromatic N) is 4. The monoisotopic (exact) mass is 394 g/mol. The summed E-state index contributed by atoms with van der Waals surface area (Å²) in [5, 5.41) is 4.50. The first kappa shape index (κ1) is 19.2. The second-order valence-corrected chi connectivity index (χ2v) is 6.48. The Kier molecular flexibility index (Phi) is 5.65. The molecule has 3 rings (SSSR count). The van der Waals surface area contributed by atoms with Crippen LogP contribution in [0.2, 0.25) is 5.15 Å². The maximum absolute atomic E-state index is 13.1. The molecule has 0 atom stereocenters. The Morgan fingerprint density at radius 1 is 1.15 bits per heavy atom. The number of amides is 2. The van der Waals surface area contributed by atoms with E-state index in [0.29, 0.717) is 49.7 Å². The van der Waals surface area contributed by atoms with E-state index in [-0.39, 0.29) is 23.0 Å². The summed E-state index contributed by atoms with van der Waals surface area (Å²) in [4.78, 5) is 27.9. The fourth-order valence-electron chi connectivity index (χ4n) is 2.96. The van der Waals surface area contributed by atoms with E-state index in [4.69, 9.17) is 16.3 Å². The van der Waals surface area contributed by atoms with Crippen LogP contribution in [0.1, 0.15) is 23.0 Å². The van der Waals surface area contributed by atoms with Gasteiger partial charge in [0, 0.05) is 26.2 Å². The average molecular weight is 395 g/mol. The summed E-state index contributed by atoms with van der Waals surface area (Å²) in [6.45, 7) is 5.33. The second kappa shape index (κ2) is 7.96. The van der Waals surface area contributed by atoms with Crippen molar-refractivity contribution in [1.82, 2.24) is 19.6 Å². The van der Waals surface area contributed by atoms with Gasteiger partial charge in [-0.2, -0.15) is 5.10 Å². The minimum absolute atomic E-state index is 0.178. The molecule has 2 heterocycles. The minimum atomic E-state index is -0.372. The third-order valence-electron chi connectivity index (χ3n) is 4.38. The minimum Gasteiger partial charge on any atom is -0.450 e. The Labute approximate surface area is 161 Å². The van der Waals surface area contributed by atoms with E-state index in [1.807, 2.05) is 0 Å². The summed E-state index contributed by atoms with van der Waals surface area (Å²) in [6.07, 6.45) is -0.372. The van der Waals surface area contributed by atoms with Crippen LogP contribution in [0.3, 0.4) is 0 Å². The lowest BCUT2D eigenvalue weighted by molar-refractivity contribution is 0.0570. The zero-order valence-electron chi connectivity index (χ0n) is 15.1. The number of carbonyl (C=O) groups excluding carboxylic acids is 2. The lowest BCUT2D eigenvalue weighted by Crippen LogP contribution is -2.50. The number of aryl methyl sites for hydroxylation is 1. The molecule has 0 saturated carbocycles. The third-order valence-corrected chi connectivity index (χ3v) is 4.73. The summed E-state index contributed by atoms with van der Waals surface area (Å²) in [5.41, 5.74) is 1.36. The first-order valence-corrected chi connectivity index (χ1v) is 9.02. The van der Waals surface area contributed by atoms with Crippen LogP contribution in [0.25, 0.3) is 5.69 Å². The van der Waals surface area contributed by atoms with Crippen molar-refractivity contribution >= 4 is 23.6 Å². The molecule has 0 radical (unpaired) electrons. The van der Waals surface area contributed by atoms with Crippen molar-refractivity contribution in [3.05, 3.63) is 46.5 Å². The van der Waals surface area contributed by atoms with E-state index in [1.54, 1.807) is 35.8 Å². The van der Waals surface area contributed by atoms with Gasteiger partial charge < -0.3 is 14.5 Å². The van der Waals surface area contributed by atoms with Crippen LogP contribution in [-0.4, -0.2) is 64.4 Å². The zero-order valence-corrected chi connectivity index (χ0v) is 15.9. The standard InChI is InChI=1S/C18H20ClFN4O3/c1-3-27-18(26)23-10-8-22(9-11-23)17(25)15-12(2)21-24(16(15)19)14-6-4-13(20)5-7-14/h4-7H,3,8-11H2,1-2H3. The fraction of sp³-hybridized carbons (Fsp3) is 0.389. The predicted molar refractivity (Wildman–Crippen MR) is 97.8 cm³/mol. The van der Waals surface area contributed by atoms with Crippen molar-refractivity contribution in [2.24, 2.45) is 0 Å². The number of halogens is 2. The van der Waals surface area contributed by atoms with Crippen LogP contribution >= 0.6 is 11.6 Å². The van der Waals surface area contributed by atoms with Crippen molar-refractivity contribution in [2.45, 2.75) is 13.8 Å². The fourth-order valence-corrected chi connectivity index (χ4v) is 3.31. The van der Waals surface area contributed by atoms with Crippen molar-refractivity contribution in [2.75, 3.05) is 32.8 Å². The van der Waals surface area contributed by atoms with Crippen molar-refractivity contribution in [1.29, 1.82) is 0 Å². The highest BCUT2D eigenvalue weighted by Crippen LogP contribution is 2.25. The highest BCUT2D eigenvalue weighted by Gasteiger charge is 2.29. The Hall–Kier alpha value is -2.61. The Morgan fingerprint density at radius 2 is 1.74 bits per heavy atom. The van der Waals surface area contributed by atoms with Gasteiger partial charge in [0.05, 0.1) is 23.6 Å². The number of ether oxygens (including phenoxy) is 1. The highest BCUT2D eigenvalue weighted by atomic mass is 35.5. The molecule has 7 nitrogen and oxygen atoms in total. The molecule has 1 fully saturated rings. The molecular weight excluding hydrogens is 375 g/mol. The first-order valence-electron chi connectivity index (χ1n) is 8.64. The molecule has 0 unspecified atom stereocenters. The van der Waals surface area contributed by atoms with E-state index >= 15 is 0 Å². The van der Waals surface area contributed by atoms with Gasteiger partial charge in [-0.15, -0.1) is 0 Å². The Balaban J connectivity index is 1.76. The number of hydrogen-bond donors (Lipinski definition) is 0. The highest BCUT2D eigenvalue weighted by molar-refractivity contribution is 6.33. The number of hydrogen-bond acceptors (Lipinski definition) is 4. The molecule has 1 aromatic heterocycles. The van der Waals surface area contributed by atoms with E-state index in [0.717, 1.165) is 0 Å². The summed E-state index contributed by atoms with van der Waals surface area (Å²) < 4.78 is 19.5. The maximum atomic E-state index is 13.1. The van der Waals surface area contributed by atoms with Crippen molar-refractivity contribution in [3.63, 3.8) is 0 Å². The van der Waals surface area contributed by atoms with Crippen molar-refractivity contribution < 1.29 is 18.7 Å². The largest absolute Gasteiger partial charge is 0.450 e. The van der Waals surface area contributed by atoms with E-state index in [2.05, 4.69) is 5.10 Å². The molecular formula is C18H20ClFN4O3. The number of piperazine rings is 1. The predicted octanol–water partition coefficient (Wildman–Crippen LogP) is 2.89. The molecule has 0 N–H and O–H groups in total. The molecule has 1 aromatic carbocycles. The number of aromatic nitrogens is 2. The quantitative estimate of drug-likeness (QED) is 0.802. The zero-order chi connectivity index (χ0) is 19.6. The molecule has 2 aromatic rings. The summed E-state index contributed by atoms with van der Waals surface area (Å²) in [7, 11) is 0. The van der Waals surface area contributed by atoms with Gasteiger partial charge in [0.25, 0.3) is 5.91 Å². The normalized spacial score (nSPS) is 14.4. The van der Waals surface area contributed by atoms with Gasteiger partial charge >= 0.3 is 6.09 Å². The van der Waals surface area contributed by atoms with Gasteiger partial charge in [-0.3, -0.25) is 4.79 Å². The van der Waals surface area contributed by atoms with Crippen LogP contribution in [0.5, 0.6) is 0 Å². The van der Waals surface area contributed by atoms with E-state index in [1.165, 1.54) is 16.8 Å². The first-order chi connectivity index (χ1) is 12.9. The Morgan fingerprint density at radius 3 is 2.33 bits per heavy atom. The van der Waals surface area contributed by atoms with Crippen LogP contribution in [0, 0.1) is 12.7 Å². The molecule has 0 spiro atoms. The average Bonchev–Trinajstić information content (AvgIpc) is 2.96. The summed E-state index contributed by atoms with van der Waals surface area (Å²) in [5.74, 6) is -0.608. The summed E-state index contributed by atoms with van der Waals surface area (Å²) >= 11 is 6.41. The lowest BCUT2D eigenvalue weighted by atomic mass is 10.2. The van der Waals surface area contributed by atoms with Crippen LogP contribution in [-0.2, 0) is 4.74 Å². The molecule has 1 saturated heterocycles. The van der Waals surface area contributed by atoms with Gasteiger partial charge in [-0.05, 0) is 38.1 Å². The van der Waals surface area contributed by atoms with Gasteiger partial charge in [0.1, 0.15) is 11.0 Å². The topological polar surface area (TPSA) is 67.7 Å². The SMILES string of the molecule is CCOC(=O)N1CCN(C(=O)c2c(C)nn(-c3ccc(F)cc3)c2Cl)CC1. The summed E-state index contributed by atoms with van der Waals surface area (Å²) in [6, 6.07) is 5.69. The second-order valence-electron chi connectivity index (χ2n) is 6.12. The van der Waals surface area contributed by atoms with Gasteiger partial charge in [0.2, 0.25) is 0 Å². The number of carbonyl (C=O) groups is 2. The van der Waals surface area contributed by atoms with Crippen LogP contribution in [0.4, 0.5) is 9.18 Å². The lowest BCUT2D eigenvalue weighted by Gasteiger charge is -2.34. The van der Waals surface area contributed by atoms with Gasteiger partial charge in [-0.25, -0.2) is 13.9 Å². The molecule has 1 aliphatic rings. The molecule has 9 heteroatoms. The van der Waals surface area contributed by atoms with Gasteiger partial charge in [0.15, 0.2) is 0 Å². The van der Waals surface area contributed by atoms with E-state index in [9.17, 15) is 14.0 Å². The molecule has 2 amide bonds. The molecule has 27 heavy (non-hydrogen) atoms. The maximum Gasteiger partial charge on any atom is 0.409 e. The van der Waals surface area contributed by atoms with E-state index < -0.39 is 0 Å². The number of rotatable bonds is 3. The molecule has 0 aliphatic carbocycles. The smallest absolute Gasteiger partial charge is 0.409 e. The van der Waals surface area contributed by atoms with Crippen LogP contribution in [0.15, 0.2) is 24.3 Å². The van der Waals surface area contributed by atoms with Crippen LogP contribution < -0.4 is 0 Å². The van der Waals surface area contributed by atoms with Gasteiger partial charge in [-0.1, -0.05) is 11.6 Å². The number of benzene rings is 1.